The third kappa shape index (κ3) is 3.74. The van der Waals surface area contributed by atoms with Crippen molar-refractivity contribution < 1.29 is 9.47 Å². The molecule has 32 heavy (non-hydrogen) atoms. The Kier molecular flexibility index (Phi) is 5.59. The monoisotopic (exact) mass is 449 g/mol. The van der Waals surface area contributed by atoms with Gasteiger partial charge in [0.05, 0.1) is 32.2 Å². The molecule has 1 fully saturated rings. The summed E-state index contributed by atoms with van der Waals surface area (Å²) in [5, 5.41) is 5.14. The molecule has 2 aromatic carbocycles. The molecule has 7 nitrogen and oxygen atoms in total. The van der Waals surface area contributed by atoms with Crippen molar-refractivity contribution in [2.75, 3.05) is 50.3 Å². The summed E-state index contributed by atoms with van der Waals surface area (Å²) in [7, 11) is 3.70. The number of morpholine rings is 1. The van der Waals surface area contributed by atoms with Crippen LogP contribution in [-0.4, -0.2) is 55.1 Å². The number of aromatic nitrogens is 3. The second-order valence-electron chi connectivity index (χ2n) is 7.61. The van der Waals surface area contributed by atoms with Crippen molar-refractivity contribution >= 4 is 34.4 Å². The number of hydrogen-bond donors (Lipinski definition) is 0. The van der Waals surface area contributed by atoms with Crippen LogP contribution in [0.1, 0.15) is 0 Å². The highest BCUT2D eigenvalue weighted by Crippen LogP contribution is 2.43. The maximum atomic E-state index is 6.32. The second kappa shape index (κ2) is 8.68. The van der Waals surface area contributed by atoms with Gasteiger partial charge in [0.15, 0.2) is 5.65 Å². The van der Waals surface area contributed by atoms with E-state index < -0.39 is 0 Å². The normalized spacial score (nSPS) is 14.0. The molecule has 164 valence electrons. The summed E-state index contributed by atoms with van der Waals surface area (Å²) in [6.07, 6.45) is 3.54. The molecular formula is C24H24ClN5O2. The Morgan fingerprint density at radius 1 is 1.06 bits per heavy atom. The lowest BCUT2D eigenvalue weighted by atomic mass is 10.0. The van der Waals surface area contributed by atoms with E-state index in [1.807, 2.05) is 41.9 Å². The Morgan fingerprint density at radius 2 is 1.91 bits per heavy atom. The van der Waals surface area contributed by atoms with Gasteiger partial charge in [0.25, 0.3) is 0 Å². The summed E-state index contributed by atoms with van der Waals surface area (Å²) in [4.78, 5) is 8.81. The Balaban J connectivity index is 1.68. The first kappa shape index (κ1) is 20.6. The number of methoxy groups -OCH3 is 1. The molecule has 0 bridgehead atoms. The van der Waals surface area contributed by atoms with E-state index in [9.17, 15) is 0 Å². The van der Waals surface area contributed by atoms with Crippen molar-refractivity contribution in [1.82, 2.24) is 14.6 Å². The second-order valence-corrected chi connectivity index (χ2v) is 8.05. The number of hydrogen-bond acceptors (Lipinski definition) is 6. The van der Waals surface area contributed by atoms with Crippen LogP contribution in [0.2, 0.25) is 5.02 Å². The standard InChI is InChI=1S/C24H24ClN5O2/c1-28(24-7-8-26-23-6-9-27-30(23)24)21-16-20(29-10-12-32-13-11-29)19(15-22(21)31-2)17-4-3-5-18(25)14-17/h3-9,14-16H,10-13H2,1-2H3. The molecule has 0 saturated carbocycles. The molecule has 3 heterocycles. The number of rotatable bonds is 5. The summed E-state index contributed by atoms with van der Waals surface area (Å²) in [6.45, 7) is 3.04. The van der Waals surface area contributed by atoms with Gasteiger partial charge >= 0.3 is 0 Å². The molecular weight excluding hydrogens is 426 g/mol. The van der Waals surface area contributed by atoms with Crippen LogP contribution >= 0.6 is 11.6 Å². The maximum Gasteiger partial charge on any atom is 0.157 e. The van der Waals surface area contributed by atoms with Gasteiger partial charge in [-0.15, -0.1) is 0 Å². The fourth-order valence-electron chi connectivity index (χ4n) is 4.13. The van der Waals surface area contributed by atoms with Crippen molar-refractivity contribution in [2.24, 2.45) is 0 Å². The number of anilines is 3. The third-order valence-corrected chi connectivity index (χ3v) is 5.99. The van der Waals surface area contributed by atoms with Gasteiger partial charge in [0, 0.05) is 48.7 Å². The van der Waals surface area contributed by atoms with Crippen LogP contribution in [-0.2, 0) is 4.74 Å². The summed E-state index contributed by atoms with van der Waals surface area (Å²) in [6, 6.07) is 16.0. The molecule has 1 aliphatic heterocycles. The van der Waals surface area contributed by atoms with E-state index >= 15 is 0 Å². The molecule has 0 spiro atoms. The molecule has 0 N–H and O–H groups in total. The van der Waals surface area contributed by atoms with E-state index in [0.717, 1.165) is 52.8 Å². The molecule has 2 aromatic heterocycles. The average Bonchev–Trinajstić information content (AvgIpc) is 3.32. The van der Waals surface area contributed by atoms with E-state index in [1.54, 1.807) is 19.5 Å². The van der Waals surface area contributed by atoms with Crippen molar-refractivity contribution in [1.29, 1.82) is 0 Å². The predicted octanol–water partition coefficient (Wildman–Crippen LogP) is 4.66. The van der Waals surface area contributed by atoms with Crippen LogP contribution < -0.4 is 14.5 Å². The van der Waals surface area contributed by atoms with Gasteiger partial charge < -0.3 is 19.3 Å². The number of benzene rings is 2. The Bertz CT molecular complexity index is 1250. The minimum absolute atomic E-state index is 0.699. The molecule has 0 unspecified atom stereocenters. The Labute approximate surface area is 191 Å². The van der Waals surface area contributed by atoms with Gasteiger partial charge in [-0.1, -0.05) is 23.7 Å². The first-order valence-electron chi connectivity index (χ1n) is 10.5. The summed E-state index contributed by atoms with van der Waals surface area (Å²) in [5.74, 6) is 1.65. The van der Waals surface area contributed by atoms with Gasteiger partial charge in [-0.05, 0) is 35.9 Å². The highest BCUT2D eigenvalue weighted by atomic mass is 35.5. The topological polar surface area (TPSA) is 55.1 Å². The number of halogens is 1. The fourth-order valence-corrected chi connectivity index (χ4v) is 4.33. The van der Waals surface area contributed by atoms with Crippen LogP contribution in [0.4, 0.5) is 17.2 Å². The highest BCUT2D eigenvalue weighted by Gasteiger charge is 2.22. The molecule has 1 saturated heterocycles. The predicted molar refractivity (Wildman–Crippen MR) is 128 cm³/mol. The van der Waals surface area contributed by atoms with E-state index in [2.05, 4.69) is 38.1 Å². The van der Waals surface area contributed by atoms with Crippen molar-refractivity contribution in [3.05, 3.63) is 65.9 Å². The molecule has 1 aliphatic rings. The van der Waals surface area contributed by atoms with E-state index in [1.165, 1.54) is 0 Å². The molecule has 0 amide bonds. The Hall–Kier alpha value is -3.29. The molecule has 0 radical (unpaired) electrons. The fraction of sp³-hybridized carbons (Fsp3) is 0.250. The van der Waals surface area contributed by atoms with Crippen molar-refractivity contribution in [3.63, 3.8) is 0 Å². The quantitative estimate of drug-likeness (QED) is 0.441. The number of nitrogens with zero attached hydrogens (tertiary/aromatic N) is 5. The lowest BCUT2D eigenvalue weighted by Crippen LogP contribution is -2.36. The minimum Gasteiger partial charge on any atom is -0.495 e. The molecule has 0 atom stereocenters. The maximum absolute atomic E-state index is 6.32. The zero-order chi connectivity index (χ0) is 22.1. The average molecular weight is 450 g/mol. The minimum atomic E-state index is 0.699. The van der Waals surface area contributed by atoms with E-state index in [4.69, 9.17) is 21.1 Å². The van der Waals surface area contributed by atoms with Crippen LogP contribution in [0.3, 0.4) is 0 Å². The first-order chi connectivity index (χ1) is 15.7. The zero-order valence-electron chi connectivity index (χ0n) is 18.0. The summed E-state index contributed by atoms with van der Waals surface area (Å²) < 4.78 is 13.3. The SMILES string of the molecule is COc1cc(-c2cccc(Cl)c2)c(N2CCOCC2)cc1N(C)c1ccnc2ccnn12. The molecule has 5 rings (SSSR count). The zero-order valence-corrected chi connectivity index (χ0v) is 18.8. The lowest BCUT2D eigenvalue weighted by Gasteiger charge is -2.33. The molecule has 8 heteroatoms. The van der Waals surface area contributed by atoms with Gasteiger partial charge in [-0.2, -0.15) is 9.61 Å². The van der Waals surface area contributed by atoms with Crippen LogP contribution in [0, 0.1) is 0 Å². The van der Waals surface area contributed by atoms with Gasteiger partial charge in [-0.3, -0.25) is 0 Å². The van der Waals surface area contributed by atoms with Crippen LogP contribution in [0.25, 0.3) is 16.8 Å². The smallest absolute Gasteiger partial charge is 0.157 e. The number of fused-ring (bicyclic) bond motifs is 1. The van der Waals surface area contributed by atoms with Crippen molar-refractivity contribution in [3.8, 4) is 16.9 Å². The van der Waals surface area contributed by atoms with Crippen LogP contribution in [0.5, 0.6) is 5.75 Å². The van der Waals surface area contributed by atoms with Gasteiger partial charge in [0.1, 0.15) is 11.6 Å². The van der Waals surface area contributed by atoms with Gasteiger partial charge in [0.2, 0.25) is 0 Å². The van der Waals surface area contributed by atoms with Gasteiger partial charge in [-0.25, -0.2) is 4.98 Å². The highest BCUT2D eigenvalue weighted by molar-refractivity contribution is 6.30. The molecule has 0 aliphatic carbocycles. The first-order valence-corrected chi connectivity index (χ1v) is 10.9. The number of ether oxygens (including phenoxy) is 2. The van der Waals surface area contributed by atoms with E-state index in [0.29, 0.717) is 18.2 Å². The lowest BCUT2D eigenvalue weighted by molar-refractivity contribution is 0.123. The summed E-state index contributed by atoms with van der Waals surface area (Å²) in [5.41, 5.74) is 4.95. The molecule has 4 aromatic rings. The van der Waals surface area contributed by atoms with E-state index in [-0.39, 0.29) is 0 Å². The summed E-state index contributed by atoms with van der Waals surface area (Å²) >= 11 is 6.32. The van der Waals surface area contributed by atoms with Crippen LogP contribution in [0.15, 0.2) is 60.9 Å². The largest absolute Gasteiger partial charge is 0.495 e. The third-order valence-electron chi connectivity index (χ3n) is 5.76. The Morgan fingerprint density at radius 3 is 2.69 bits per heavy atom. The van der Waals surface area contributed by atoms with Crippen molar-refractivity contribution in [2.45, 2.75) is 0 Å².